The Morgan fingerprint density at radius 2 is 2.23 bits per heavy atom. The van der Waals surface area contributed by atoms with E-state index in [-0.39, 0.29) is 6.04 Å². The summed E-state index contributed by atoms with van der Waals surface area (Å²) < 4.78 is 5.63. The number of nitrogen functional groups attached to an aromatic ring is 1. The average molecular weight is 478 g/mol. The molecule has 1 aliphatic rings. The number of piperidine rings is 1. The Balaban J connectivity index is 0.000000269. The predicted octanol–water partition coefficient (Wildman–Crippen LogP) is 2.82. The average Bonchev–Trinajstić information content (AvgIpc) is 3.15. The SMILES string of the molecule is COc1ccccn1.Nc1c[nH]c2ncc(Br)c(N3CCC[C@@H](N(N)C(=O)O)C3)c12. The van der Waals surface area contributed by atoms with Crippen LogP contribution in [0.25, 0.3) is 11.0 Å². The molecule has 4 rings (SSSR count). The molecule has 0 aromatic carbocycles. The van der Waals surface area contributed by atoms with E-state index in [4.69, 9.17) is 21.4 Å². The fourth-order valence-corrected chi connectivity index (χ4v) is 3.95. The smallest absolute Gasteiger partial charge is 0.421 e. The van der Waals surface area contributed by atoms with E-state index in [2.05, 4.69) is 35.8 Å². The Morgan fingerprint density at radius 3 is 2.87 bits per heavy atom. The number of hydrogen-bond donors (Lipinski definition) is 4. The lowest BCUT2D eigenvalue weighted by Crippen LogP contribution is -2.53. The molecule has 3 aromatic rings. The molecule has 0 bridgehead atoms. The lowest BCUT2D eigenvalue weighted by Gasteiger charge is -2.37. The van der Waals surface area contributed by atoms with Crippen LogP contribution in [0.3, 0.4) is 0 Å². The quantitative estimate of drug-likeness (QED) is 0.255. The number of fused-ring (bicyclic) bond motifs is 1. The van der Waals surface area contributed by atoms with Crippen LogP contribution in [0.15, 0.2) is 41.3 Å². The van der Waals surface area contributed by atoms with Crippen molar-refractivity contribution in [2.75, 3.05) is 30.8 Å². The van der Waals surface area contributed by atoms with Crippen molar-refractivity contribution >= 4 is 44.4 Å². The Kier molecular flexibility index (Phi) is 6.95. The second kappa shape index (κ2) is 9.63. The highest BCUT2D eigenvalue weighted by atomic mass is 79.9. The van der Waals surface area contributed by atoms with Gasteiger partial charge in [-0.2, -0.15) is 0 Å². The first-order chi connectivity index (χ1) is 14.4. The summed E-state index contributed by atoms with van der Waals surface area (Å²) in [4.78, 5) is 24.4. The van der Waals surface area contributed by atoms with Crippen molar-refractivity contribution in [2.24, 2.45) is 5.84 Å². The Labute approximate surface area is 181 Å². The van der Waals surface area contributed by atoms with Gasteiger partial charge in [0, 0.05) is 37.7 Å². The molecule has 6 N–H and O–H groups in total. The molecule has 1 aliphatic heterocycles. The lowest BCUT2D eigenvalue weighted by atomic mass is 10.0. The minimum absolute atomic E-state index is 0.249. The summed E-state index contributed by atoms with van der Waals surface area (Å²) in [7, 11) is 1.60. The van der Waals surface area contributed by atoms with Gasteiger partial charge in [0.1, 0.15) is 5.65 Å². The van der Waals surface area contributed by atoms with Gasteiger partial charge in [-0.3, -0.25) is 0 Å². The number of methoxy groups -OCH3 is 1. The number of carbonyl (C=O) groups is 1. The molecule has 1 amide bonds. The number of ether oxygens (including phenoxy) is 1. The van der Waals surface area contributed by atoms with Gasteiger partial charge in [0.15, 0.2) is 0 Å². The van der Waals surface area contributed by atoms with Gasteiger partial charge in [0.05, 0.1) is 34.4 Å². The topological polar surface area (TPSA) is 147 Å². The van der Waals surface area contributed by atoms with E-state index in [1.54, 1.807) is 31.8 Å². The molecule has 3 aromatic heterocycles. The van der Waals surface area contributed by atoms with Crippen LogP contribution in [-0.2, 0) is 0 Å². The van der Waals surface area contributed by atoms with Crippen molar-refractivity contribution < 1.29 is 14.6 Å². The summed E-state index contributed by atoms with van der Waals surface area (Å²) in [6, 6.07) is 5.29. The van der Waals surface area contributed by atoms with E-state index in [0.29, 0.717) is 23.8 Å². The van der Waals surface area contributed by atoms with Crippen molar-refractivity contribution in [2.45, 2.75) is 18.9 Å². The number of aromatic amines is 1. The Hall–Kier alpha value is -3.05. The molecule has 1 atom stereocenters. The lowest BCUT2D eigenvalue weighted by molar-refractivity contribution is 0.119. The van der Waals surface area contributed by atoms with E-state index >= 15 is 0 Å². The number of aromatic nitrogens is 3. The summed E-state index contributed by atoms with van der Waals surface area (Å²) in [5, 5.41) is 10.8. The number of carboxylic acid groups (broad SMARTS) is 1. The summed E-state index contributed by atoms with van der Waals surface area (Å²) in [6.07, 6.45) is 5.60. The summed E-state index contributed by atoms with van der Waals surface area (Å²) in [6.45, 7) is 1.33. The zero-order chi connectivity index (χ0) is 21.7. The van der Waals surface area contributed by atoms with Gasteiger partial charge >= 0.3 is 6.09 Å². The molecule has 0 spiro atoms. The molecule has 11 heteroatoms. The predicted molar refractivity (Wildman–Crippen MR) is 118 cm³/mol. The van der Waals surface area contributed by atoms with Gasteiger partial charge in [-0.15, -0.1) is 0 Å². The van der Waals surface area contributed by atoms with Crippen LogP contribution in [-0.4, -0.2) is 57.4 Å². The van der Waals surface area contributed by atoms with Crippen molar-refractivity contribution in [1.29, 1.82) is 0 Å². The zero-order valence-electron chi connectivity index (χ0n) is 16.5. The summed E-state index contributed by atoms with van der Waals surface area (Å²) in [5.74, 6) is 6.30. The molecule has 0 saturated carbocycles. The third-order valence-electron chi connectivity index (χ3n) is 4.83. The van der Waals surface area contributed by atoms with E-state index in [1.807, 2.05) is 12.1 Å². The number of rotatable bonds is 3. The van der Waals surface area contributed by atoms with Crippen LogP contribution in [0.1, 0.15) is 12.8 Å². The maximum atomic E-state index is 11.1. The van der Waals surface area contributed by atoms with Gasteiger partial charge in [0.2, 0.25) is 5.88 Å². The van der Waals surface area contributed by atoms with Crippen LogP contribution in [0, 0.1) is 0 Å². The second-order valence-electron chi connectivity index (χ2n) is 6.73. The molecule has 30 heavy (non-hydrogen) atoms. The normalized spacial score (nSPS) is 16.0. The molecule has 10 nitrogen and oxygen atoms in total. The molecule has 160 valence electrons. The molecule has 0 aliphatic carbocycles. The van der Waals surface area contributed by atoms with Crippen molar-refractivity contribution in [3.8, 4) is 5.88 Å². The third-order valence-corrected chi connectivity index (χ3v) is 5.41. The Bertz CT molecular complexity index is 998. The number of halogens is 1. The standard InChI is InChI=1S/C13H17BrN6O2.C6H7NO/c14-8-4-17-12-10(9(15)5-18-12)11(8)19-3-1-2-7(6-19)20(16)13(21)22;1-8-6-4-2-3-5-7-6/h4-5,7H,1-3,6,15-16H2,(H,17,18)(H,21,22);2-5H,1H3/t7-;/m1./s1. The number of H-pyrrole nitrogens is 1. The highest BCUT2D eigenvalue weighted by Gasteiger charge is 2.29. The summed E-state index contributed by atoms with van der Waals surface area (Å²) >= 11 is 3.52. The van der Waals surface area contributed by atoms with Gasteiger partial charge in [-0.1, -0.05) is 6.07 Å². The van der Waals surface area contributed by atoms with Crippen molar-refractivity contribution in [3.05, 3.63) is 41.3 Å². The number of hydrazine groups is 1. The number of hydrogen-bond acceptors (Lipinski definition) is 7. The summed E-state index contributed by atoms with van der Waals surface area (Å²) in [5.41, 5.74) is 8.29. The first-order valence-electron chi connectivity index (χ1n) is 9.30. The molecule has 4 heterocycles. The minimum atomic E-state index is -1.12. The fraction of sp³-hybridized carbons (Fsp3) is 0.316. The fourth-order valence-electron chi connectivity index (χ4n) is 3.40. The third kappa shape index (κ3) is 4.74. The van der Waals surface area contributed by atoms with Crippen molar-refractivity contribution in [3.63, 3.8) is 0 Å². The highest BCUT2D eigenvalue weighted by Crippen LogP contribution is 2.38. The number of pyridine rings is 2. The highest BCUT2D eigenvalue weighted by molar-refractivity contribution is 9.10. The maximum Gasteiger partial charge on any atom is 0.421 e. The van der Waals surface area contributed by atoms with E-state index in [0.717, 1.165) is 39.9 Å². The van der Waals surface area contributed by atoms with E-state index in [1.165, 1.54) is 0 Å². The van der Waals surface area contributed by atoms with Crippen LogP contribution in [0.2, 0.25) is 0 Å². The number of anilines is 2. The maximum absolute atomic E-state index is 11.1. The molecule has 1 fully saturated rings. The van der Waals surface area contributed by atoms with Crippen LogP contribution in [0.4, 0.5) is 16.2 Å². The number of nitrogens with zero attached hydrogens (tertiary/aromatic N) is 4. The largest absolute Gasteiger partial charge is 0.481 e. The first kappa shape index (κ1) is 21.7. The molecule has 0 radical (unpaired) electrons. The molecular formula is C19H24BrN7O3. The first-order valence-corrected chi connectivity index (χ1v) is 10.1. The number of amides is 1. The van der Waals surface area contributed by atoms with Crippen LogP contribution in [0.5, 0.6) is 5.88 Å². The monoisotopic (exact) mass is 477 g/mol. The van der Waals surface area contributed by atoms with Crippen molar-refractivity contribution in [1.82, 2.24) is 20.0 Å². The molecule has 1 saturated heterocycles. The number of nitrogens with two attached hydrogens (primary N) is 2. The van der Waals surface area contributed by atoms with Crippen LogP contribution >= 0.6 is 15.9 Å². The minimum Gasteiger partial charge on any atom is -0.481 e. The number of nitrogens with one attached hydrogen (secondary N) is 1. The van der Waals surface area contributed by atoms with Gasteiger partial charge in [-0.05, 0) is 34.8 Å². The Morgan fingerprint density at radius 1 is 1.43 bits per heavy atom. The molecular weight excluding hydrogens is 454 g/mol. The van der Waals surface area contributed by atoms with Gasteiger partial charge in [0.25, 0.3) is 0 Å². The van der Waals surface area contributed by atoms with E-state index < -0.39 is 6.09 Å². The van der Waals surface area contributed by atoms with Gasteiger partial charge in [-0.25, -0.2) is 25.6 Å². The zero-order valence-corrected chi connectivity index (χ0v) is 18.0. The van der Waals surface area contributed by atoms with Gasteiger partial charge < -0.3 is 25.5 Å². The van der Waals surface area contributed by atoms with E-state index in [9.17, 15) is 4.79 Å². The van der Waals surface area contributed by atoms with Crippen LogP contribution < -0.4 is 21.2 Å². The molecule has 0 unspecified atom stereocenters. The second-order valence-corrected chi connectivity index (χ2v) is 7.58.